The van der Waals surface area contributed by atoms with Crippen molar-refractivity contribution < 1.29 is 17.9 Å². The minimum absolute atomic E-state index is 0.0821. The summed E-state index contributed by atoms with van der Waals surface area (Å²) in [5.74, 6) is 0.201. The van der Waals surface area contributed by atoms with Gasteiger partial charge >= 0.3 is 0 Å². The molecule has 174 valence electrons. The number of hydrogen-bond donors (Lipinski definition) is 2. The van der Waals surface area contributed by atoms with Crippen LogP contribution in [0, 0.1) is 6.92 Å². The molecule has 1 unspecified atom stereocenters. The van der Waals surface area contributed by atoms with Crippen LogP contribution in [0.25, 0.3) is 0 Å². The average molecular weight is 485 g/mol. The van der Waals surface area contributed by atoms with Crippen LogP contribution in [0.4, 0.5) is 5.69 Å². The van der Waals surface area contributed by atoms with Gasteiger partial charge in [0.25, 0.3) is 0 Å². The summed E-state index contributed by atoms with van der Waals surface area (Å²) in [4.78, 5) is 14.2. The second-order valence-electron chi connectivity index (χ2n) is 7.45. The maximum atomic E-state index is 13.2. The van der Waals surface area contributed by atoms with E-state index in [1.807, 2.05) is 61.7 Å². The summed E-state index contributed by atoms with van der Waals surface area (Å²) in [6, 6.07) is 20.4. The van der Waals surface area contributed by atoms with Crippen molar-refractivity contribution in [3.8, 4) is 5.75 Å². The van der Waals surface area contributed by atoms with E-state index in [2.05, 4.69) is 10.0 Å². The van der Waals surface area contributed by atoms with Crippen LogP contribution in [0.5, 0.6) is 5.75 Å². The molecule has 0 spiro atoms. The Hall–Kier alpha value is -2.81. The Morgan fingerprint density at radius 3 is 2.45 bits per heavy atom. The highest BCUT2D eigenvalue weighted by Gasteiger charge is 2.27. The zero-order valence-corrected chi connectivity index (χ0v) is 20.5. The monoisotopic (exact) mass is 484 g/mol. The smallest absolute Gasteiger partial charge is 0.242 e. The number of carbonyl (C=O) groups is 1. The third-order valence-electron chi connectivity index (χ3n) is 4.99. The van der Waals surface area contributed by atoms with Gasteiger partial charge in [-0.1, -0.05) is 36.4 Å². The first-order chi connectivity index (χ1) is 15.8. The number of hydrogen-bond acceptors (Lipinski definition) is 5. The first kappa shape index (κ1) is 24.8. The van der Waals surface area contributed by atoms with Crippen LogP contribution in [0.2, 0.25) is 0 Å². The maximum Gasteiger partial charge on any atom is 0.242 e. The van der Waals surface area contributed by atoms with Crippen molar-refractivity contribution in [2.75, 3.05) is 18.2 Å². The van der Waals surface area contributed by atoms with Gasteiger partial charge in [-0.25, -0.2) is 8.42 Å². The van der Waals surface area contributed by atoms with E-state index in [-0.39, 0.29) is 11.3 Å². The standard InChI is InChI=1S/C25H28N2O4S2/c1-4-31-24-14-13-22(15-18(24)2)33(29,30)27-23(16-19-9-6-5-7-10-19)25(28)26-20-11-8-12-21(17-20)32-3/h5-15,17,23,27H,4,16H2,1-3H3,(H,26,28). The normalized spacial score (nSPS) is 12.2. The van der Waals surface area contributed by atoms with Crippen molar-refractivity contribution in [3.63, 3.8) is 0 Å². The van der Waals surface area contributed by atoms with Gasteiger partial charge in [0.15, 0.2) is 0 Å². The van der Waals surface area contributed by atoms with Crippen LogP contribution < -0.4 is 14.8 Å². The summed E-state index contributed by atoms with van der Waals surface area (Å²) in [5, 5.41) is 2.85. The summed E-state index contributed by atoms with van der Waals surface area (Å²) in [6.07, 6.45) is 2.16. The first-order valence-electron chi connectivity index (χ1n) is 10.6. The van der Waals surface area contributed by atoms with Crippen molar-refractivity contribution in [2.24, 2.45) is 0 Å². The molecule has 3 aromatic carbocycles. The summed E-state index contributed by atoms with van der Waals surface area (Å²) in [5.41, 5.74) is 2.17. The summed E-state index contributed by atoms with van der Waals surface area (Å²) in [7, 11) is -3.95. The van der Waals surface area contributed by atoms with E-state index >= 15 is 0 Å². The Bertz CT molecular complexity index is 1200. The molecule has 0 saturated heterocycles. The molecule has 1 amide bonds. The lowest BCUT2D eigenvalue weighted by Crippen LogP contribution is -2.45. The second-order valence-corrected chi connectivity index (χ2v) is 10.0. The van der Waals surface area contributed by atoms with E-state index < -0.39 is 22.0 Å². The number of benzene rings is 3. The Morgan fingerprint density at radius 2 is 1.79 bits per heavy atom. The fraction of sp³-hybridized carbons (Fsp3) is 0.240. The molecule has 0 aliphatic heterocycles. The molecule has 0 bridgehead atoms. The fourth-order valence-electron chi connectivity index (χ4n) is 3.33. The van der Waals surface area contributed by atoms with Crippen molar-refractivity contribution in [1.82, 2.24) is 4.72 Å². The van der Waals surface area contributed by atoms with Gasteiger partial charge in [0.1, 0.15) is 11.8 Å². The highest BCUT2D eigenvalue weighted by atomic mass is 32.2. The fourth-order valence-corrected chi connectivity index (χ4v) is 5.07. The number of sulfonamides is 1. The van der Waals surface area contributed by atoms with Gasteiger partial charge in [0, 0.05) is 10.6 Å². The Morgan fingerprint density at radius 1 is 1.03 bits per heavy atom. The van der Waals surface area contributed by atoms with Crippen LogP contribution >= 0.6 is 11.8 Å². The summed E-state index contributed by atoms with van der Waals surface area (Å²) < 4.78 is 34.5. The molecule has 0 saturated carbocycles. The lowest BCUT2D eigenvalue weighted by Gasteiger charge is -2.19. The second kappa shape index (κ2) is 11.4. The van der Waals surface area contributed by atoms with E-state index in [1.54, 1.807) is 36.9 Å². The molecule has 6 nitrogen and oxygen atoms in total. The molecule has 3 aromatic rings. The molecular formula is C25H28N2O4S2. The van der Waals surface area contributed by atoms with Crippen molar-refractivity contribution in [2.45, 2.75) is 36.1 Å². The molecule has 0 aliphatic rings. The van der Waals surface area contributed by atoms with Crippen molar-refractivity contribution in [1.29, 1.82) is 0 Å². The van der Waals surface area contributed by atoms with Gasteiger partial charge < -0.3 is 10.1 Å². The van der Waals surface area contributed by atoms with Crippen LogP contribution in [-0.2, 0) is 21.2 Å². The number of carbonyl (C=O) groups excluding carboxylic acids is 1. The highest BCUT2D eigenvalue weighted by Crippen LogP contribution is 2.23. The van der Waals surface area contributed by atoms with Crippen LogP contribution in [-0.4, -0.2) is 33.2 Å². The number of thioether (sulfide) groups is 1. The molecule has 1 atom stereocenters. The van der Waals surface area contributed by atoms with Crippen LogP contribution in [0.1, 0.15) is 18.1 Å². The lowest BCUT2D eigenvalue weighted by atomic mass is 10.1. The largest absolute Gasteiger partial charge is 0.494 e. The van der Waals surface area contributed by atoms with E-state index in [0.717, 1.165) is 10.5 Å². The molecule has 0 heterocycles. The molecule has 2 N–H and O–H groups in total. The third-order valence-corrected chi connectivity index (χ3v) is 7.19. The SMILES string of the molecule is CCOc1ccc(S(=O)(=O)NC(Cc2ccccc2)C(=O)Nc2cccc(SC)c2)cc1C. The number of anilines is 1. The van der Waals surface area contributed by atoms with E-state index in [0.29, 0.717) is 23.6 Å². The molecule has 0 aliphatic carbocycles. The number of nitrogens with one attached hydrogen (secondary N) is 2. The van der Waals surface area contributed by atoms with Gasteiger partial charge in [-0.15, -0.1) is 11.8 Å². The summed E-state index contributed by atoms with van der Waals surface area (Å²) >= 11 is 1.56. The minimum Gasteiger partial charge on any atom is -0.494 e. The number of aryl methyl sites for hydroxylation is 1. The van der Waals surface area contributed by atoms with Gasteiger partial charge in [0.2, 0.25) is 15.9 Å². The van der Waals surface area contributed by atoms with Crippen LogP contribution in [0.3, 0.4) is 0 Å². The van der Waals surface area contributed by atoms with Crippen LogP contribution in [0.15, 0.2) is 82.6 Å². The van der Waals surface area contributed by atoms with Gasteiger partial charge in [-0.3, -0.25) is 4.79 Å². The van der Waals surface area contributed by atoms with E-state index in [9.17, 15) is 13.2 Å². The van der Waals surface area contributed by atoms with Gasteiger partial charge in [0.05, 0.1) is 11.5 Å². The molecule has 3 rings (SSSR count). The van der Waals surface area contributed by atoms with E-state index in [1.165, 1.54) is 6.07 Å². The first-order valence-corrected chi connectivity index (χ1v) is 13.3. The predicted octanol–water partition coefficient (Wildman–Crippen LogP) is 4.64. The maximum absolute atomic E-state index is 13.2. The topological polar surface area (TPSA) is 84.5 Å². The zero-order valence-electron chi connectivity index (χ0n) is 18.9. The Balaban J connectivity index is 1.87. The predicted molar refractivity (Wildman–Crippen MR) is 133 cm³/mol. The number of amides is 1. The quantitative estimate of drug-likeness (QED) is 0.410. The molecule has 8 heteroatoms. The van der Waals surface area contributed by atoms with Gasteiger partial charge in [-0.05, 0) is 74.0 Å². The average Bonchev–Trinajstić information content (AvgIpc) is 2.80. The minimum atomic E-state index is -3.95. The molecule has 0 radical (unpaired) electrons. The Labute approximate surface area is 199 Å². The zero-order chi connectivity index (χ0) is 23.8. The lowest BCUT2D eigenvalue weighted by molar-refractivity contribution is -0.117. The third kappa shape index (κ3) is 6.83. The highest BCUT2D eigenvalue weighted by molar-refractivity contribution is 7.98. The molecule has 0 aromatic heterocycles. The van der Waals surface area contributed by atoms with Gasteiger partial charge in [-0.2, -0.15) is 4.72 Å². The molecule has 33 heavy (non-hydrogen) atoms. The molecule has 0 fully saturated rings. The summed E-state index contributed by atoms with van der Waals surface area (Å²) in [6.45, 7) is 4.15. The number of rotatable bonds is 10. The van der Waals surface area contributed by atoms with Crippen molar-refractivity contribution >= 4 is 33.4 Å². The Kier molecular flexibility index (Phi) is 8.55. The van der Waals surface area contributed by atoms with Crippen molar-refractivity contribution in [3.05, 3.63) is 83.9 Å². The molecular weight excluding hydrogens is 456 g/mol. The van der Waals surface area contributed by atoms with E-state index in [4.69, 9.17) is 4.74 Å². The number of ether oxygens (including phenoxy) is 1.